The standard InChI is InChI=1S/C20H13N3O2/c1-22-19(24)17-13(12-7-3-2-4-8-12)11-15-18(17)23(20(22)25)16-10-6-5-9-14(16)21-15/h2-11H,1H3. The van der Waals surface area contributed by atoms with Crippen LogP contribution in [0.2, 0.25) is 0 Å². The first-order valence-electron chi connectivity index (χ1n) is 7.99. The van der Waals surface area contributed by atoms with Gasteiger partial charge in [-0.15, -0.1) is 0 Å². The summed E-state index contributed by atoms with van der Waals surface area (Å²) in [7, 11) is 1.52. The molecule has 5 rings (SSSR count). The highest BCUT2D eigenvalue weighted by Crippen LogP contribution is 2.32. The zero-order valence-electron chi connectivity index (χ0n) is 13.4. The smallest absolute Gasteiger partial charge is 0.268 e. The number of rotatable bonds is 1. The summed E-state index contributed by atoms with van der Waals surface area (Å²) in [5, 5.41) is 0.529. The second-order valence-electron chi connectivity index (χ2n) is 6.12. The van der Waals surface area contributed by atoms with E-state index < -0.39 is 0 Å². The number of hydrogen-bond acceptors (Lipinski definition) is 3. The number of aromatic nitrogens is 3. The molecule has 0 fully saturated rings. The van der Waals surface area contributed by atoms with Gasteiger partial charge in [-0.2, -0.15) is 0 Å². The Labute approximate surface area is 141 Å². The Bertz CT molecular complexity index is 1380. The second kappa shape index (κ2) is 4.77. The molecular formula is C20H13N3O2. The SMILES string of the molecule is Cn1c(=O)c2c(-c3ccccc3)cc3nc4ccccc4n(c1=O)c32. The second-order valence-corrected chi connectivity index (χ2v) is 6.12. The van der Waals surface area contributed by atoms with E-state index in [0.29, 0.717) is 21.9 Å². The van der Waals surface area contributed by atoms with Crippen molar-refractivity contribution in [2.45, 2.75) is 0 Å². The molecule has 0 unspecified atom stereocenters. The first-order chi connectivity index (χ1) is 12.2. The lowest BCUT2D eigenvalue weighted by atomic mass is 10.1. The molecular weight excluding hydrogens is 314 g/mol. The van der Waals surface area contributed by atoms with Gasteiger partial charge in [0.1, 0.15) is 0 Å². The summed E-state index contributed by atoms with van der Waals surface area (Å²) in [5.74, 6) is 0. The van der Waals surface area contributed by atoms with Gasteiger partial charge >= 0.3 is 5.69 Å². The fourth-order valence-electron chi connectivity index (χ4n) is 3.51. The van der Waals surface area contributed by atoms with Crippen LogP contribution in [0.3, 0.4) is 0 Å². The zero-order chi connectivity index (χ0) is 17.1. The predicted molar refractivity (Wildman–Crippen MR) is 98.3 cm³/mol. The van der Waals surface area contributed by atoms with Gasteiger partial charge in [0.05, 0.1) is 27.5 Å². The van der Waals surface area contributed by atoms with E-state index in [2.05, 4.69) is 4.98 Å². The molecule has 5 heteroatoms. The lowest BCUT2D eigenvalue weighted by Gasteiger charge is -2.08. The maximum absolute atomic E-state index is 12.9. The van der Waals surface area contributed by atoms with Gasteiger partial charge in [0.15, 0.2) is 0 Å². The van der Waals surface area contributed by atoms with E-state index in [-0.39, 0.29) is 11.2 Å². The van der Waals surface area contributed by atoms with Gasteiger partial charge in [0.2, 0.25) is 0 Å². The Hall–Kier alpha value is -3.47. The average Bonchev–Trinajstić information content (AvgIpc) is 3.03. The average molecular weight is 327 g/mol. The van der Waals surface area contributed by atoms with Gasteiger partial charge < -0.3 is 0 Å². The lowest BCUT2D eigenvalue weighted by molar-refractivity contribution is 0.775. The van der Waals surface area contributed by atoms with Crippen molar-refractivity contribution in [2.75, 3.05) is 0 Å². The van der Waals surface area contributed by atoms with Crippen LogP contribution in [0.5, 0.6) is 0 Å². The van der Waals surface area contributed by atoms with Crippen molar-refractivity contribution >= 4 is 27.5 Å². The van der Waals surface area contributed by atoms with E-state index in [0.717, 1.165) is 16.6 Å². The van der Waals surface area contributed by atoms with Crippen LogP contribution in [0.1, 0.15) is 0 Å². The summed E-state index contributed by atoms with van der Waals surface area (Å²) < 4.78 is 2.77. The topological polar surface area (TPSA) is 56.4 Å². The fraction of sp³-hybridized carbons (Fsp3) is 0.0500. The molecule has 0 aliphatic carbocycles. The molecule has 5 aromatic rings. The van der Waals surface area contributed by atoms with E-state index in [9.17, 15) is 9.59 Å². The maximum atomic E-state index is 12.9. The highest BCUT2D eigenvalue weighted by atomic mass is 16.2. The number of hydrogen-bond donors (Lipinski definition) is 0. The molecule has 0 saturated heterocycles. The Morgan fingerprint density at radius 2 is 1.60 bits per heavy atom. The summed E-state index contributed by atoms with van der Waals surface area (Å²) in [6, 6.07) is 19.1. The third-order valence-electron chi connectivity index (χ3n) is 4.70. The van der Waals surface area contributed by atoms with Crippen LogP contribution < -0.4 is 11.2 Å². The first kappa shape index (κ1) is 13.9. The quantitative estimate of drug-likeness (QED) is 0.445. The van der Waals surface area contributed by atoms with Gasteiger partial charge in [-0.05, 0) is 29.3 Å². The van der Waals surface area contributed by atoms with E-state index in [1.165, 1.54) is 11.6 Å². The molecule has 0 atom stereocenters. The van der Waals surface area contributed by atoms with Crippen LogP contribution in [0.25, 0.3) is 38.6 Å². The van der Waals surface area contributed by atoms with Crippen LogP contribution in [0.15, 0.2) is 70.3 Å². The van der Waals surface area contributed by atoms with Crippen molar-refractivity contribution in [3.63, 3.8) is 0 Å². The van der Waals surface area contributed by atoms with Crippen molar-refractivity contribution in [2.24, 2.45) is 7.05 Å². The molecule has 120 valence electrons. The molecule has 2 heterocycles. The highest BCUT2D eigenvalue weighted by Gasteiger charge is 2.20. The largest absolute Gasteiger partial charge is 0.335 e. The number of nitrogens with zero attached hydrogens (tertiary/aromatic N) is 3. The van der Waals surface area contributed by atoms with E-state index in [1.54, 1.807) is 4.40 Å². The van der Waals surface area contributed by atoms with E-state index >= 15 is 0 Å². The first-order valence-corrected chi connectivity index (χ1v) is 7.99. The Morgan fingerprint density at radius 3 is 2.40 bits per heavy atom. The third kappa shape index (κ3) is 1.75. The summed E-state index contributed by atoms with van der Waals surface area (Å²) in [5.41, 5.74) is 3.75. The van der Waals surface area contributed by atoms with Crippen molar-refractivity contribution in [1.82, 2.24) is 14.0 Å². The molecule has 0 bridgehead atoms. The fourth-order valence-corrected chi connectivity index (χ4v) is 3.51. The minimum atomic E-state index is -0.355. The molecule has 5 nitrogen and oxygen atoms in total. The molecule has 0 N–H and O–H groups in total. The van der Waals surface area contributed by atoms with Crippen molar-refractivity contribution in [1.29, 1.82) is 0 Å². The molecule has 3 aromatic carbocycles. The lowest BCUT2D eigenvalue weighted by Crippen LogP contribution is -2.35. The van der Waals surface area contributed by atoms with Gasteiger partial charge in [-0.3, -0.25) is 13.8 Å². The molecule has 2 aromatic heterocycles. The molecule has 0 amide bonds. The minimum Gasteiger partial charge on any atom is -0.268 e. The van der Waals surface area contributed by atoms with Crippen molar-refractivity contribution in [3.05, 3.63) is 81.5 Å². The Kier molecular flexibility index (Phi) is 2.65. The van der Waals surface area contributed by atoms with E-state index in [1.807, 2.05) is 60.7 Å². The summed E-state index contributed by atoms with van der Waals surface area (Å²) in [6.45, 7) is 0. The third-order valence-corrected chi connectivity index (χ3v) is 4.70. The molecule has 0 radical (unpaired) electrons. The Morgan fingerprint density at radius 1 is 0.880 bits per heavy atom. The molecule has 0 aliphatic rings. The number of benzene rings is 2. The normalized spacial score (nSPS) is 11.7. The predicted octanol–water partition coefficient (Wildman–Crippen LogP) is 2.80. The van der Waals surface area contributed by atoms with Crippen molar-refractivity contribution < 1.29 is 0 Å². The minimum absolute atomic E-state index is 0.295. The van der Waals surface area contributed by atoms with Gasteiger partial charge in [-0.25, -0.2) is 9.78 Å². The van der Waals surface area contributed by atoms with E-state index in [4.69, 9.17) is 0 Å². The summed E-state index contributed by atoms with van der Waals surface area (Å²) >= 11 is 0. The van der Waals surface area contributed by atoms with Gasteiger partial charge in [0.25, 0.3) is 5.56 Å². The maximum Gasteiger partial charge on any atom is 0.335 e. The number of para-hydroxylation sites is 2. The van der Waals surface area contributed by atoms with Crippen molar-refractivity contribution in [3.8, 4) is 11.1 Å². The molecule has 25 heavy (non-hydrogen) atoms. The van der Waals surface area contributed by atoms with Crippen LogP contribution in [-0.2, 0) is 7.05 Å². The van der Waals surface area contributed by atoms with Crippen LogP contribution in [0.4, 0.5) is 0 Å². The summed E-state index contributed by atoms with van der Waals surface area (Å²) in [6.07, 6.45) is 0. The number of fused-ring (bicyclic) bond motifs is 2. The summed E-state index contributed by atoms with van der Waals surface area (Å²) in [4.78, 5) is 30.4. The molecule has 0 aliphatic heterocycles. The highest BCUT2D eigenvalue weighted by molar-refractivity contribution is 6.08. The van der Waals surface area contributed by atoms with Crippen LogP contribution >= 0.6 is 0 Å². The van der Waals surface area contributed by atoms with Gasteiger partial charge in [0, 0.05) is 7.05 Å². The Balaban J connectivity index is 2.14. The molecule has 0 saturated carbocycles. The van der Waals surface area contributed by atoms with Gasteiger partial charge in [-0.1, -0.05) is 42.5 Å². The van der Waals surface area contributed by atoms with Crippen LogP contribution in [-0.4, -0.2) is 14.0 Å². The van der Waals surface area contributed by atoms with Crippen LogP contribution in [0, 0.1) is 0 Å². The monoisotopic (exact) mass is 327 g/mol. The molecule has 0 spiro atoms. The zero-order valence-corrected chi connectivity index (χ0v) is 13.4.